The predicted molar refractivity (Wildman–Crippen MR) is 48.7 cm³/mol. The zero-order chi connectivity index (χ0) is 11.8. The van der Waals surface area contributed by atoms with E-state index in [0.717, 1.165) is 0 Å². The number of nitrogens with zero attached hydrogens (tertiary/aromatic N) is 1. The minimum atomic E-state index is -1.16. The lowest BCUT2D eigenvalue weighted by atomic mass is 10.1. The van der Waals surface area contributed by atoms with Crippen LogP contribution in [0.3, 0.4) is 0 Å². The van der Waals surface area contributed by atoms with Gasteiger partial charge >= 0.3 is 5.97 Å². The first-order valence-electron chi connectivity index (χ1n) is 4.46. The Balaban J connectivity index is 3.56. The molecule has 15 heavy (non-hydrogen) atoms. The molecular weight excluding hydrogens is 206 g/mol. The lowest BCUT2D eigenvalue weighted by Crippen LogP contribution is -2.14. The maximum Gasteiger partial charge on any atom is 0.310 e. The molecule has 1 unspecified atom stereocenters. The maximum atomic E-state index is 10.9. The molecule has 1 atom stereocenters. The summed E-state index contributed by atoms with van der Waals surface area (Å²) in [5.41, 5.74) is 0. The van der Waals surface area contributed by atoms with Gasteiger partial charge in [0.05, 0.1) is 0 Å². The third-order valence-corrected chi connectivity index (χ3v) is 1.68. The van der Waals surface area contributed by atoms with Crippen molar-refractivity contribution >= 4 is 11.8 Å². The molecule has 0 aromatic heterocycles. The van der Waals surface area contributed by atoms with Gasteiger partial charge < -0.3 is 9.94 Å². The van der Waals surface area contributed by atoms with Gasteiger partial charge in [0.25, 0.3) is 5.09 Å². The van der Waals surface area contributed by atoms with Crippen LogP contribution in [0.1, 0.15) is 32.6 Å². The zero-order valence-electron chi connectivity index (χ0n) is 8.34. The van der Waals surface area contributed by atoms with E-state index in [1.165, 1.54) is 6.92 Å². The molecule has 1 N–H and O–H groups in total. The Hall–Kier alpha value is -1.66. The average Bonchev–Trinajstić information content (AvgIpc) is 2.00. The van der Waals surface area contributed by atoms with Crippen molar-refractivity contribution in [1.29, 1.82) is 0 Å². The van der Waals surface area contributed by atoms with Gasteiger partial charge in [-0.15, -0.1) is 10.1 Å². The number of carboxylic acid groups (broad SMARTS) is 1. The molecule has 0 fully saturated rings. The van der Waals surface area contributed by atoms with Gasteiger partial charge in [-0.3, -0.25) is 9.59 Å². The second-order valence-corrected chi connectivity index (χ2v) is 3.14. The van der Waals surface area contributed by atoms with Crippen LogP contribution < -0.4 is 0 Å². The van der Waals surface area contributed by atoms with Crippen molar-refractivity contribution in [2.24, 2.45) is 0 Å². The van der Waals surface area contributed by atoms with Crippen molar-refractivity contribution in [2.45, 2.75) is 38.7 Å². The van der Waals surface area contributed by atoms with Crippen LogP contribution in [0.2, 0.25) is 0 Å². The standard InChI is InChI=1S/C8H13NO6/c1-6(15-9(13)14)3-2-4-7(10)5-8(11)12/h6H,2-5H2,1H3,(H,11,12). The van der Waals surface area contributed by atoms with Gasteiger partial charge in [-0.05, 0) is 19.8 Å². The Kier molecular flexibility index (Phi) is 6.00. The van der Waals surface area contributed by atoms with Crippen LogP contribution in [-0.2, 0) is 14.4 Å². The number of ketones is 1. The fraction of sp³-hybridized carbons (Fsp3) is 0.750. The maximum absolute atomic E-state index is 10.9. The molecule has 0 aliphatic rings. The van der Waals surface area contributed by atoms with E-state index in [-0.39, 0.29) is 12.2 Å². The monoisotopic (exact) mass is 219 g/mol. The number of aliphatic carboxylic acids is 1. The van der Waals surface area contributed by atoms with Crippen LogP contribution >= 0.6 is 0 Å². The first kappa shape index (κ1) is 13.3. The highest BCUT2D eigenvalue weighted by atomic mass is 17.0. The molecule has 0 aromatic carbocycles. The summed E-state index contributed by atoms with van der Waals surface area (Å²) in [6.45, 7) is 1.52. The van der Waals surface area contributed by atoms with Crippen LogP contribution in [0, 0.1) is 10.1 Å². The summed E-state index contributed by atoms with van der Waals surface area (Å²) in [6, 6.07) is 0. The summed E-state index contributed by atoms with van der Waals surface area (Å²) in [5, 5.41) is 17.3. The number of hydrogen-bond donors (Lipinski definition) is 1. The van der Waals surface area contributed by atoms with Crippen molar-refractivity contribution in [2.75, 3.05) is 0 Å². The fourth-order valence-electron chi connectivity index (χ4n) is 1.04. The summed E-state index contributed by atoms with van der Waals surface area (Å²) >= 11 is 0. The van der Waals surface area contributed by atoms with Crippen LogP contribution in [0.5, 0.6) is 0 Å². The Morgan fingerprint density at radius 3 is 2.60 bits per heavy atom. The summed E-state index contributed by atoms with van der Waals surface area (Å²) in [4.78, 5) is 35.1. The van der Waals surface area contributed by atoms with Gasteiger partial charge in [0.15, 0.2) is 0 Å². The van der Waals surface area contributed by atoms with Gasteiger partial charge in [-0.1, -0.05) is 0 Å². The molecule has 0 saturated heterocycles. The molecule has 86 valence electrons. The van der Waals surface area contributed by atoms with E-state index in [4.69, 9.17) is 5.11 Å². The number of Topliss-reactive ketones (excluding diaryl/α,β-unsaturated/α-hetero) is 1. The smallest absolute Gasteiger partial charge is 0.310 e. The van der Waals surface area contributed by atoms with E-state index in [1.807, 2.05) is 0 Å². The third kappa shape index (κ3) is 8.66. The molecule has 0 spiro atoms. The quantitative estimate of drug-likeness (QED) is 0.367. The zero-order valence-corrected chi connectivity index (χ0v) is 8.34. The van der Waals surface area contributed by atoms with Crippen molar-refractivity contribution in [3.63, 3.8) is 0 Å². The molecule has 0 radical (unpaired) electrons. The summed E-state index contributed by atoms with van der Waals surface area (Å²) in [6.07, 6.45) is -0.215. The van der Waals surface area contributed by atoms with Crippen molar-refractivity contribution in [3.05, 3.63) is 10.1 Å². The lowest BCUT2D eigenvalue weighted by Gasteiger charge is -2.07. The van der Waals surface area contributed by atoms with Gasteiger partial charge in [0.2, 0.25) is 0 Å². The van der Waals surface area contributed by atoms with E-state index in [9.17, 15) is 19.7 Å². The van der Waals surface area contributed by atoms with Crippen LogP contribution in [0.15, 0.2) is 0 Å². The highest BCUT2D eigenvalue weighted by Gasteiger charge is 2.10. The van der Waals surface area contributed by atoms with Crippen molar-refractivity contribution < 1.29 is 24.6 Å². The van der Waals surface area contributed by atoms with Crippen LogP contribution in [0.4, 0.5) is 0 Å². The number of carbonyl (C=O) groups is 2. The molecule has 0 saturated carbocycles. The second kappa shape index (κ2) is 6.74. The van der Waals surface area contributed by atoms with Crippen LogP contribution in [0.25, 0.3) is 0 Å². The largest absolute Gasteiger partial charge is 0.481 e. The average molecular weight is 219 g/mol. The molecule has 0 rings (SSSR count). The lowest BCUT2D eigenvalue weighted by molar-refractivity contribution is -0.767. The fourth-order valence-corrected chi connectivity index (χ4v) is 1.04. The first-order chi connectivity index (χ1) is 6.91. The topological polar surface area (TPSA) is 107 Å². The minimum Gasteiger partial charge on any atom is -0.481 e. The van der Waals surface area contributed by atoms with Crippen molar-refractivity contribution in [3.8, 4) is 0 Å². The molecular formula is C8H13NO6. The van der Waals surface area contributed by atoms with E-state index in [1.54, 1.807) is 0 Å². The van der Waals surface area contributed by atoms with E-state index >= 15 is 0 Å². The predicted octanol–water partition coefficient (Wildman–Crippen LogP) is 0.797. The molecule has 7 nitrogen and oxygen atoms in total. The van der Waals surface area contributed by atoms with E-state index < -0.39 is 23.6 Å². The van der Waals surface area contributed by atoms with Crippen LogP contribution in [-0.4, -0.2) is 28.0 Å². The number of carboxylic acids is 1. The summed E-state index contributed by atoms with van der Waals surface area (Å²) < 4.78 is 0. The van der Waals surface area contributed by atoms with E-state index in [0.29, 0.717) is 12.8 Å². The van der Waals surface area contributed by atoms with Gasteiger partial charge in [0.1, 0.15) is 18.3 Å². The Bertz CT molecular complexity index is 252. The minimum absolute atomic E-state index is 0.109. The number of carbonyl (C=O) groups excluding carboxylic acids is 1. The van der Waals surface area contributed by atoms with Gasteiger partial charge in [0, 0.05) is 6.42 Å². The molecule has 0 aliphatic carbocycles. The number of rotatable bonds is 8. The third-order valence-electron chi connectivity index (χ3n) is 1.68. The Morgan fingerprint density at radius 2 is 2.13 bits per heavy atom. The highest BCUT2D eigenvalue weighted by Crippen LogP contribution is 2.06. The molecule has 0 aromatic rings. The normalized spacial score (nSPS) is 11.8. The van der Waals surface area contributed by atoms with E-state index in [2.05, 4.69) is 4.84 Å². The SMILES string of the molecule is CC(CCCC(=O)CC(=O)O)O[N+](=O)[O-]. The first-order valence-corrected chi connectivity index (χ1v) is 4.46. The molecule has 0 heterocycles. The Labute approximate surface area is 86.1 Å². The summed E-state index contributed by atoms with van der Waals surface area (Å²) in [7, 11) is 0. The highest BCUT2D eigenvalue weighted by molar-refractivity contribution is 5.94. The second-order valence-electron chi connectivity index (χ2n) is 3.14. The molecule has 0 amide bonds. The summed E-state index contributed by atoms with van der Waals surface area (Å²) in [5.74, 6) is -1.54. The molecule has 0 aliphatic heterocycles. The molecule has 7 heteroatoms. The van der Waals surface area contributed by atoms with Gasteiger partial charge in [-0.2, -0.15) is 0 Å². The molecule has 0 bridgehead atoms. The van der Waals surface area contributed by atoms with Crippen molar-refractivity contribution in [1.82, 2.24) is 0 Å². The number of hydrogen-bond acceptors (Lipinski definition) is 5. The van der Waals surface area contributed by atoms with Gasteiger partial charge in [-0.25, -0.2) is 0 Å². The Morgan fingerprint density at radius 1 is 1.53 bits per heavy atom.